The molecule has 1 rings (SSSR count). The third-order valence-corrected chi connectivity index (χ3v) is 3.98. The van der Waals surface area contributed by atoms with Gasteiger partial charge in [0, 0.05) is 18.6 Å². The molecule has 0 amide bonds. The highest BCUT2D eigenvalue weighted by molar-refractivity contribution is 8.00. The molecular formula is C10H13F3N2O2S2. The Bertz CT molecular complexity index is 544. The normalized spacial score (nSPS) is 12.4. The van der Waals surface area contributed by atoms with Crippen molar-refractivity contribution in [2.45, 2.75) is 10.4 Å². The highest BCUT2D eigenvalue weighted by Gasteiger charge is 2.27. The number of nitrogens with two attached hydrogens (primary N) is 1. The maximum atomic E-state index is 11.9. The summed E-state index contributed by atoms with van der Waals surface area (Å²) in [5.41, 5.74) is 1.97. The lowest BCUT2D eigenvalue weighted by molar-refractivity contribution is -0.0327. The summed E-state index contributed by atoms with van der Waals surface area (Å²) in [5.74, 6) is -0.156. The van der Waals surface area contributed by atoms with Crippen LogP contribution in [0.1, 0.15) is 0 Å². The van der Waals surface area contributed by atoms with Crippen molar-refractivity contribution >= 4 is 33.0 Å². The van der Waals surface area contributed by atoms with Crippen LogP contribution in [0.25, 0.3) is 0 Å². The molecule has 19 heavy (non-hydrogen) atoms. The number of sulfone groups is 1. The van der Waals surface area contributed by atoms with Crippen molar-refractivity contribution in [2.75, 3.05) is 29.6 Å². The van der Waals surface area contributed by atoms with Gasteiger partial charge in [-0.3, -0.25) is 0 Å². The SMILES string of the molecule is CS(=O)(=O)c1ccc(NCCSC(F)(F)F)c(N)c1. The zero-order valence-corrected chi connectivity index (χ0v) is 11.6. The highest BCUT2D eigenvalue weighted by atomic mass is 32.2. The van der Waals surface area contributed by atoms with Crippen LogP contribution in [0.15, 0.2) is 23.1 Å². The van der Waals surface area contributed by atoms with Gasteiger partial charge in [0.15, 0.2) is 9.84 Å². The van der Waals surface area contributed by atoms with E-state index >= 15 is 0 Å². The fraction of sp³-hybridized carbons (Fsp3) is 0.400. The van der Waals surface area contributed by atoms with Gasteiger partial charge in [0.2, 0.25) is 0 Å². The second-order valence-corrected chi connectivity index (χ2v) is 6.92. The van der Waals surface area contributed by atoms with Crippen LogP contribution in [0.4, 0.5) is 24.5 Å². The van der Waals surface area contributed by atoms with Crippen molar-refractivity contribution < 1.29 is 21.6 Å². The number of hydrogen-bond acceptors (Lipinski definition) is 5. The molecule has 0 aliphatic heterocycles. The Labute approximate surface area is 113 Å². The lowest BCUT2D eigenvalue weighted by Gasteiger charge is -2.11. The Balaban J connectivity index is 2.61. The number of hydrogen-bond donors (Lipinski definition) is 2. The number of rotatable bonds is 5. The second kappa shape index (κ2) is 5.91. The summed E-state index contributed by atoms with van der Waals surface area (Å²) in [6.45, 7) is 0.0760. The minimum atomic E-state index is -4.26. The molecule has 0 aliphatic rings. The first-order chi connectivity index (χ1) is 8.59. The van der Waals surface area contributed by atoms with E-state index in [0.29, 0.717) is 5.69 Å². The molecule has 0 bridgehead atoms. The van der Waals surface area contributed by atoms with E-state index in [0.717, 1.165) is 6.26 Å². The Morgan fingerprint density at radius 2 is 2.00 bits per heavy atom. The molecule has 0 aromatic heterocycles. The number of thioether (sulfide) groups is 1. The first kappa shape index (κ1) is 16.0. The second-order valence-electron chi connectivity index (χ2n) is 3.74. The van der Waals surface area contributed by atoms with Gasteiger partial charge in [0.1, 0.15) is 0 Å². The molecule has 0 atom stereocenters. The molecule has 0 radical (unpaired) electrons. The number of benzene rings is 1. The first-order valence-corrected chi connectivity index (χ1v) is 8.01. The standard InChI is InChI=1S/C10H13F3N2O2S2/c1-19(16,17)7-2-3-9(8(14)6-7)15-4-5-18-10(11,12)13/h2-3,6,15H,4-5,14H2,1H3. The van der Waals surface area contributed by atoms with Gasteiger partial charge in [-0.2, -0.15) is 13.2 Å². The monoisotopic (exact) mass is 314 g/mol. The summed E-state index contributed by atoms with van der Waals surface area (Å²) < 4.78 is 58.2. The molecule has 108 valence electrons. The summed E-state index contributed by atoms with van der Waals surface area (Å²) in [6.07, 6.45) is 1.05. The molecule has 0 saturated carbocycles. The molecular weight excluding hydrogens is 301 g/mol. The van der Waals surface area contributed by atoms with Gasteiger partial charge in [0.25, 0.3) is 0 Å². The molecule has 4 nitrogen and oxygen atoms in total. The van der Waals surface area contributed by atoms with Gasteiger partial charge in [-0.1, -0.05) is 0 Å². The molecule has 0 unspecified atom stereocenters. The lowest BCUT2D eigenvalue weighted by Crippen LogP contribution is -2.11. The smallest absolute Gasteiger partial charge is 0.397 e. The van der Waals surface area contributed by atoms with Crippen LogP contribution in [-0.4, -0.2) is 32.5 Å². The van der Waals surface area contributed by atoms with Crippen LogP contribution in [-0.2, 0) is 9.84 Å². The zero-order chi connectivity index (χ0) is 14.7. The minimum absolute atomic E-state index is 0.0696. The Morgan fingerprint density at radius 3 is 2.47 bits per heavy atom. The van der Waals surface area contributed by atoms with E-state index in [2.05, 4.69) is 5.32 Å². The van der Waals surface area contributed by atoms with Crippen molar-refractivity contribution in [2.24, 2.45) is 0 Å². The predicted molar refractivity (Wildman–Crippen MR) is 71.0 cm³/mol. The summed E-state index contributed by atoms with van der Waals surface area (Å²) >= 11 is -0.133. The fourth-order valence-electron chi connectivity index (χ4n) is 1.28. The van der Waals surface area contributed by atoms with Gasteiger partial charge in [-0.15, -0.1) is 0 Å². The van der Waals surface area contributed by atoms with E-state index in [1.54, 1.807) is 0 Å². The third-order valence-electron chi connectivity index (χ3n) is 2.13. The van der Waals surface area contributed by atoms with Gasteiger partial charge in [-0.25, -0.2) is 8.42 Å². The van der Waals surface area contributed by atoms with Crippen LogP contribution < -0.4 is 11.1 Å². The van der Waals surface area contributed by atoms with Crippen molar-refractivity contribution in [1.29, 1.82) is 0 Å². The van der Waals surface area contributed by atoms with Crippen LogP contribution in [0, 0.1) is 0 Å². The number of anilines is 2. The number of nitrogen functional groups attached to an aromatic ring is 1. The highest BCUT2D eigenvalue weighted by Crippen LogP contribution is 2.30. The zero-order valence-electron chi connectivity index (χ0n) is 9.99. The fourth-order valence-corrected chi connectivity index (χ4v) is 2.38. The molecule has 0 aliphatic carbocycles. The molecule has 1 aromatic rings. The average molecular weight is 314 g/mol. The van der Waals surface area contributed by atoms with E-state index in [4.69, 9.17) is 5.73 Å². The minimum Gasteiger partial charge on any atom is -0.397 e. The Hall–Kier alpha value is -1.09. The van der Waals surface area contributed by atoms with Crippen LogP contribution in [0.5, 0.6) is 0 Å². The van der Waals surface area contributed by atoms with Gasteiger partial charge >= 0.3 is 5.51 Å². The third kappa shape index (κ3) is 5.60. The van der Waals surface area contributed by atoms with Crippen LogP contribution >= 0.6 is 11.8 Å². The first-order valence-electron chi connectivity index (χ1n) is 5.14. The van der Waals surface area contributed by atoms with E-state index < -0.39 is 15.3 Å². The maximum absolute atomic E-state index is 11.9. The predicted octanol–water partition coefficient (Wildman–Crippen LogP) is 2.34. The summed E-state index contributed by atoms with van der Waals surface area (Å²) in [6, 6.07) is 4.06. The summed E-state index contributed by atoms with van der Waals surface area (Å²) in [4.78, 5) is 0.0696. The van der Waals surface area contributed by atoms with Crippen LogP contribution in [0.3, 0.4) is 0 Å². The van der Waals surface area contributed by atoms with E-state index in [-0.39, 0.29) is 34.6 Å². The number of alkyl halides is 3. The molecule has 0 heterocycles. The number of halogens is 3. The lowest BCUT2D eigenvalue weighted by atomic mass is 10.2. The Morgan fingerprint density at radius 1 is 1.37 bits per heavy atom. The summed E-state index contributed by atoms with van der Waals surface area (Å²) in [5, 5.41) is 2.72. The largest absolute Gasteiger partial charge is 0.441 e. The van der Waals surface area contributed by atoms with Crippen molar-refractivity contribution in [3.8, 4) is 0 Å². The molecule has 1 aromatic carbocycles. The van der Waals surface area contributed by atoms with Crippen LogP contribution in [0.2, 0.25) is 0 Å². The molecule has 3 N–H and O–H groups in total. The summed E-state index contributed by atoms with van der Waals surface area (Å²) in [7, 11) is -3.35. The van der Waals surface area contributed by atoms with E-state index in [9.17, 15) is 21.6 Å². The van der Waals surface area contributed by atoms with Crippen molar-refractivity contribution in [1.82, 2.24) is 0 Å². The van der Waals surface area contributed by atoms with E-state index in [1.165, 1.54) is 18.2 Å². The van der Waals surface area contributed by atoms with Gasteiger partial charge in [-0.05, 0) is 30.0 Å². The molecule has 0 saturated heterocycles. The maximum Gasteiger partial charge on any atom is 0.441 e. The molecule has 0 fully saturated rings. The van der Waals surface area contributed by atoms with Gasteiger partial charge < -0.3 is 11.1 Å². The molecule has 0 spiro atoms. The van der Waals surface area contributed by atoms with E-state index in [1.807, 2.05) is 0 Å². The van der Waals surface area contributed by atoms with Crippen molar-refractivity contribution in [3.63, 3.8) is 0 Å². The molecule has 9 heteroatoms. The van der Waals surface area contributed by atoms with Crippen molar-refractivity contribution in [3.05, 3.63) is 18.2 Å². The topological polar surface area (TPSA) is 72.2 Å². The number of nitrogens with one attached hydrogen (secondary N) is 1. The van der Waals surface area contributed by atoms with Gasteiger partial charge in [0.05, 0.1) is 16.3 Å². The average Bonchev–Trinajstić information content (AvgIpc) is 2.23. The quantitative estimate of drug-likeness (QED) is 0.645. The Kier molecular flexibility index (Phi) is 4.97.